The first-order valence-corrected chi connectivity index (χ1v) is 8.72. The highest BCUT2D eigenvalue weighted by atomic mass is 35.5. The number of carbonyl (C=O) groups excluding carboxylic acids is 2. The Hall–Kier alpha value is -3.79. The zero-order chi connectivity index (χ0) is 20.8. The molecule has 3 aromatic rings. The molecule has 3 rings (SSSR count). The second kappa shape index (κ2) is 8.93. The van der Waals surface area contributed by atoms with Crippen LogP contribution >= 0.6 is 11.6 Å². The Labute approximate surface area is 169 Å². The van der Waals surface area contributed by atoms with Gasteiger partial charge in [-0.1, -0.05) is 16.8 Å². The monoisotopic (exact) mass is 415 g/mol. The third kappa shape index (κ3) is 5.14. The van der Waals surface area contributed by atoms with Crippen LogP contribution < -0.4 is 10.6 Å². The first kappa shape index (κ1) is 20.0. The number of nitrogens with zero attached hydrogens (tertiary/aromatic N) is 3. The van der Waals surface area contributed by atoms with Crippen molar-refractivity contribution in [2.24, 2.45) is 0 Å². The average Bonchev–Trinajstić information content (AvgIpc) is 3.22. The number of nitro groups is 1. The van der Waals surface area contributed by atoms with Gasteiger partial charge in [0.15, 0.2) is 0 Å². The van der Waals surface area contributed by atoms with Gasteiger partial charge >= 0.3 is 11.8 Å². The van der Waals surface area contributed by atoms with Crippen LogP contribution in [0, 0.1) is 10.1 Å². The molecule has 0 unspecified atom stereocenters. The van der Waals surface area contributed by atoms with Gasteiger partial charge in [0.05, 0.1) is 4.92 Å². The van der Waals surface area contributed by atoms with Crippen molar-refractivity contribution in [1.29, 1.82) is 0 Å². The summed E-state index contributed by atoms with van der Waals surface area (Å²) in [5.74, 6) is -1.04. The normalized spacial score (nSPS) is 10.4. The number of non-ortho nitro benzene ring substituents is 1. The molecule has 29 heavy (non-hydrogen) atoms. The predicted molar refractivity (Wildman–Crippen MR) is 103 cm³/mol. The van der Waals surface area contributed by atoms with E-state index in [2.05, 4.69) is 20.8 Å². The van der Waals surface area contributed by atoms with Gasteiger partial charge < -0.3 is 15.2 Å². The minimum Gasteiger partial charge on any atom is -0.350 e. The zero-order valence-corrected chi connectivity index (χ0v) is 15.5. The van der Waals surface area contributed by atoms with Gasteiger partial charge in [0.2, 0.25) is 5.82 Å². The number of halogens is 1. The second-order valence-corrected chi connectivity index (χ2v) is 6.18. The number of benzene rings is 2. The van der Waals surface area contributed by atoms with E-state index in [1.54, 1.807) is 24.3 Å². The molecule has 10 nitrogen and oxygen atoms in total. The van der Waals surface area contributed by atoms with E-state index in [0.29, 0.717) is 16.1 Å². The van der Waals surface area contributed by atoms with Crippen molar-refractivity contribution in [1.82, 2.24) is 20.8 Å². The molecule has 0 radical (unpaired) electrons. The van der Waals surface area contributed by atoms with Crippen molar-refractivity contribution >= 4 is 29.1 Å². The van der Waals surface area contributed by atoms with Gasteiger partial charge in [-0.15, -0.1) is 0 Å². The molecule has 0 bridgehead atoms. The van der Waals surface area contributed by atoms with E-state index in [-0.39, 0.29) is 36.4 Å². The van der Waals surface area contributed by atoms with Crippen molar-refractivity contribution in [3.63, 3.8) is 0 Å². The second-order valence-electron chi connectivity index (χ2n) is 5.75. The maximum Gasteiger partial charge on any atom is 0.316 e. The molecule has 11 heteroatoms. The number of rotatable bonds is 7. The summed E-state index contributed by atoms with van der Waals surface area (Å²) >= 11 is 5.77. The maximum absolute atomic E-state index is 12.1. The summed E-state index contributed by atoms with van der Waals surface area (Å²) in [7, 11) is 0. The van der Waals surface area contributed by atoms with E-state index in [0.717, 1.165) is 0 Å². The molecule has 0 aliphatic heterocycles. The first-order valence-electron chi connectivity index (χ1n) is 8.34. The molecule has 0 atom stereocenters. The number of amides is 2. The van der Waals surface area contributed by atoms with Crippen LogP contribution in [0.2, 0.25) is 5.02 Å². The van der Waals surface area contributed by atoms with Crippen molar-refractivity contribution in [2.45, 2.75) is 0 Å². The quantitative estimate of drug-likeness (QED) is 0.343. The van der Waals surface area contributed by atoms with Crippen LogP contribution in [0.25, 0.3) is 11.4 Å². The largest absolute Gasteiger partial charge is 0.350 e. The summed E-state index contributed by atoms with van der Waals surface area (Å²) in [4.78, 5) is 38.1. The number of hydrogen-bond donors (Lipinski definition) is 2. The lowest BCUT2D eigenvalue weighted by atomic mass is 10.2. The number of carbonyl (C=O) groups is 2. The van der Waals surface area contributed by atoms with Crippen LogP contribution in [0.3, 0.4) is 0 Å². The molecular formula is C18H14ClN5O5. The Morgan fingerprint density at radius 2 is 1.62 bits per heavy atom. The van der Waals surface area contributed by atoms with Crippen LogP contribution in [-0.4, -0.2) is 40.0 Å². The standard InChI is InChI=1S/C18H14ClN5O5/c19-13-5-1-12(2-6-13)16(25)20-9-10-21-17(26)18-22-15(23-29-18)11-3-7-14(8-4-11)24(27)28/h1-8H,9-10H2,(H,20,25)(H,21,26). The van der Waals surface area contributed by atoms with E-state index in [1.165, 1.54) is 24.3 Å². The highest BCUT2D eigenvalue weighted by molar-refractivity contribution is 6.30. The Morgan fingerprint density at radius 1 is 1.00 bits per heavy atom. The topological polar surface area (TPSA) is 140 Å². The lowest BCUT2D eigenvalue weighted by Crippen LogP contribution is -2.34. The Balaban J connectivity index is 1.49. The third-order valence-corrected chi connectivity index (χ3v) is 4.01. The van der Waals surface area contributed by atoms with E-state index < -0.39 is 10.8 Å². The lowest BCUT2D eigenvalue weighted by Gasteiger charge is -2.05. The van der Waals surface area contributed by atoms with Crippen molar-refractivity contribution in [2.75, 3.05) is 13.1 Å². The summed E-state index contributed by atoms with van der Waals surface area (Å²) < 4.78 is 4.91. The first-order chi connectivity index (χ1) is 13.9. The average molecular weight is 416 g/mol. The van der Waals surface area contributed by atoms with Gasteiger partial charge in [0.25, 0.3) is 11.6 Å². The summed E-state index contributed by atoms with van der Waals surface area (Å²) in [6, 6.07) is 11.9. The number of nitro benzene ring substituents is 1. The van der Waals surface area contributed by atoms with Gasteiger partial charge in [-0.3, -0.25) is 19.7 Å². The Bertz CT molecular complexity index is 1030. The predicted octanol–water partition coefficient (Wildman–Crippen LogP) is 2.46. The van der Waals surface area contributed by atoms with E-state index in [9.17, 15) is 19.7 Å². The minimum absolute atomic E-state index is 0.0733. The summed E-state index contributed by atoms with van der Waals surface area (Å²) in [5.41, 5.74) is 0.842. The van der Waals surface area contributed by atoms with Crippen LogP contribution in [0.1, 0.15) is 21.0 Å². The molecule has 2 N–H and O–H groups in total. The highest BCUT2D eigenvalue weighted by Gasteiger charge is 2.16. The van der Waals surface area contributed by atoms with Crippen LogP contribution in [0.4, 0.5) is 5.69 Å². The number of aromatic nitrogens is 2. The van der Waals surface area contributed by atoms with E-state index in [1.807, 2.05) is 0 Å². The molecule has 1 heterocycles. The van der Waals surface area contributed by atoms with Gasteiger partial charge in [-0.25, -0.2) is 0 Å². The smallest absolute Gasteiger partial charge is 0.316 e. The van der Waals surface area contributed by atoms with Gasteiger partial charge in [0, 0.05) is 41.4 Å². The van der Waals surface area contributed by atoms with Crippen molar-refractivity contribution < 1.29 is 19.0 Å². The van der Waals surface area contributed by atoms with Gasteiger partial charge in [-0.05, 0) is 36.4 Å². The molecule has 2 aromatic carbocycles. The fourth-order valence-electron chi connectivity index (χ4n) is 2.30. The molecule has 148 valence electrons. The van der Waals surface area contributed by atoms with Crippen LogP contribution in [0.15, 0.2) is 53.1 Å². The zero-order valence-electron chi connectivity index (χ0n) is 14.8. The minimum atomic E-state index is -0.605. The Morgan fingerprint density at radius 3 is 2.24 bits per heavy atom. The molecule has 0 aliphatic carbocycles. The SMILES string of the molecule is O=C(NCCNC(=O)c1nc(-c2ccc([N+](=O)[O-])cc2)no1)c1ccc(Cl)cc1. The van der Waals surface area contributed by atoms with Gasteiger partial charge in [0.1, 0.15) is 0 Å². The lowest BCUT2D eigenvalue weighted by molar-refractivity contribution is -0.384. The summed E-state index contributed by atoms with van der Waals surface area (Å²) in [6.07, 6.45) is 0. The number of hydrogen-bond acceptors (Lipinski definition) is 7. The third-order valence-electron chi connectivity index (χ3n) is 3.76. The van der Waals surface area contributed by atoms with Crippen molar-refractivity contribution in [3.8, 4) is 11.4 Å². The summed E-state index contributed by atoms with van der Waals surface area (Å²) in [6.45, 7) is 0.337. The van der Waals surface area contributed by atoms with E-state index in [4.69, 9.17) is 16.1 Å². The maximum atomic E-state index is 12.1. The van der Waals surface area contributed by atoms with Crippen molar-refractivity contribution in [3.05, 3.63) is 75.1 Å². The van der Waals surface area contributed by atoms with Gasteiger partial charge in [-0.2, -0.15) is 4.98 Å². The highest BCUT2D eigenvalue weighted by Crippen LogP contribution is 2.19. The molecule has 1 aromatic heterocycles. The fraction of sp³-hybridized carbons (Fsp3) is 0.111. The molecule has 0 aliphatic rings. The van der Waals surface area contributed by atoms with Crippen LogP contribution in [-0.2, 0) is 0 Å². The molecule has 2 amide bonds. The summed E-state index contributed by atoms with van der Waals surface area (Å²) in [5, 5.41) is 20.1. The molecule has 0 spiro atoms. The molecule has 0 saturated heterocycles. The fourth-order valence-corrected chi connectivity index (χ4v) is 2.42. The molecule has 0 fully saturated rings. The Kier molecular flexibility index (Phi) is 6.15. The van der Waals surface area contributed by atoms with Crippen LogP contribution in [0.5, 0.6) is 0 Å². The molecular weight excluding hydrogens is 402 g/mol. The van der Waals surface area contributed by atoms with E-state index >= 15 is 0 Å². The molecule has 0 saturated carbocycles. The number of nitrogens with one attached hydrogen (secondary N) is 2.